The van der Waals surface area contributed by atoms with E-state index in [9.17, 15) is 18.0 Å². The summed E-state index contributed by atoms with van der Waals surface area (Å²) in [6.07, 6.45) is -1.63. The molecule has 6 nitrogen and oxygen atoms in total. The lowest BCUT2D eigenvalue weighted by molar-refractivity contribution is -0.137. The first-order chi connectivity index (χ1) is 11.9. The molecular weight excluding hydrogens is 355 g/mol. The SMILES string of the molecule is O=C(NCCc1cnn(-c2ccccc2)n1)c1cnc(C(F)(F)F)s1. The zero-order valence-corrected chi connectivity index (χ0v) is 13.5. The van der Waals surface area contributed by atoms with E-state index in [1.165, 1.54) is 4.80 Å². The standard InChI is InChI=1S/C15H12F3N5OS/c16-15(17,18)14-20-9-12(25-14)13(24)19-7-6-10-8-21-23(22-10)11-4-2-1-3-5-11/h1-5,8-9H,6-7H2,(H,19,24). The van der Waals surface area contributed by atoms with Gasteiger partial charge in [-0.2, -0.15) is 28.2 Å². The maximum Gasteiger partial charge on any atom is 0.443 e. The van der Waals surface area contributed by atoms with E-state index >= 15 is 0 Å². The van der Waals surface area contributed by atoms with Crippen LogP contribution in [-0.4, -0.2) is 32.4 Å². The summed E-state index contributed by atoms with van der Waals surface area (Å²) in [7, 11) is 0. The summed E-state index contributed by atoms with van der Waals surface area (Å²) in [5.41, 5.74) is 1.46. The van der Waals surface area contributed by atoms with Crippen LogP contribution in [0.1, 0.15) is 20.4 Å². The monoisotopic (exact) mass is 367 g/mol. The first kappa shape index (κ1) is 17.1. The molecule has 130 valence electrons. The zero-order valence-electron chi connectivity index (χ0n) is 12.7. The first-order valence-electron chi connectivity index (χ1n) is 7.21. The third-order valence-electron chi connectivity index (χ3n) is 3.17. The Morgan fingerprint density at radius 2 is 1.96 bits per heavy atom. The number of nitrogens with one attached hydrogen (secondary N) is 1. The van der Waals surface area contributed by atoms with Crippen LogP contribution in [0.25, 0.3) is 5.69 Å². The number of hydrogen-bond acceptors (Lipinski definition) is 5. The van der Waals surface area contributed by atoms with Gasteiger partial charge in [0.2, 0.25) is 0 Å². The average molecular weight is 367 g/mol. The number of para-hydroxylation sites is 1. The smallest absolute Gasteiger partial charge is 0.351 e. The zero-order chi connectivity index (χ0) is 17.9. The summed E-state index contributed by atoms with van der Waals surface area (Å²) in [6, 6.07) is 9.32. The van der Waals surface area contributed by atoms with Gasteiger partial charge in [-0.3, -0.25) is 4.79 Å². The predicted octanol–water partition coefficient (Wildman–Crippen LogP) is 2.72. The van der Waals surface area contributed by atoms with Crippen molar-refractivity contribution in [2.45, 2.75) is 12.6 Å². The largest absolute Gasteiger partial charge is 0.443 e. The number of benzene rings is 1. The van der Waals surface area contributed by atoms with Crippen LogP contribution in [-0.2, 0) is 12.6 Å². The third kappa shape index (κ3) is 4.21. The van der Waals surface area contributed by atoms with Crippen molar-refractivity contribution in [1.82, 2.24) is 25.3 Å². The van der Waals surface area contributed by atoms with Gasteiger partial charge in [0.25, 0.3) is 5.91 Å². The lowest BCUT2D eigenvalue weighted by Crippen LogP contribution is -2.25. The van der Waals surface area contributed by atoms with Gasteiger partial charge >= 0.3 is 6.18 Å². The van der Waals surface area contributed by atoms with Crippen LogP contribution in [0.4, 0.5) is 13.2 Å². The molecule has 0 aliphatic heterocycles. The molecule has 1 amide bonds. The molecule has 3 rings (SSSR count). The second-order valence-electron chi connectivity index (χ2n) is 4.99. The maximum absolute atomic E-state index is 12.5. The molecule has 0 unspecified atom stereocenters. The second kappa shape index (κ2) is 7.01. The summed E-state index contributed by atoms with van der Waals surface area (Å²) >= 11 is 0.315. The summed E-state index contributed by atoms with van der Waals surface area (Å²) in [4.78, 5) is 16.5. The average Bonchev–Trinajstić information content (AvgIpc) is 3.25. The fourth-order valence-corrected chi connectivity index (χ4v) is 2.70. The molecule has 0 aliphatic rings. The first-order valence-corrected chi connectivity index (χ1v) is 8.03. The van der Waals surface area contributed by atoms with Gasteiger partial charge in [0.15, 0.2) is 5.01 Å². The summed E-state index contributed by atoms with van der Waals surface area (Å²) in [5.74, 6) is -0.594. The van der Waals surface area contributed by atoms with Gasteiger partial charge in [-0.05, 0) is 12.1 Å². The lowest BCUT2D eigenvalue weighted by Gasteiger charge is -2.02. The van der Waals surface area contributed by atoms with Crippen LogP contribution in [0.2, 0.25) is 0 Å². The Kier molecular flexibility index (Phi) is 4.79. The quantitative estimate of drug-likeness (QED) is 0.753. The van der Waals surface area contributed by atoms with Crippen molar-refractivity contribution in [2.24, 2.45) is 0 Å². The molecule has 0 bridgehead atoms. The van der Waals surface area contributed by atoms with Crippen molar-refractivity contribution >= 4 is 17.2 Å². The van der Waals surface area contributed by atoms with E-state index < -0.39 is 17.1 Å². The topological polar surface area (TPSA) is 72.7 Å². The molecule has 0 saturated heterocycles. The number of aromatic nitrogens is 4. The summed E-state index contributed by atoms with van der Waals surface area (Å²) in [6.45, 7) is 0.228. The highest BCUT2D eigenvalue weighted by Gasteiger charge is 2.35. The van der Waals surface area contributed by atoms with Gasteiger partial charge in [-0.1, -0.05) is 18.2 Å². The van der Waals surface area contributed by atoms with E-state index in [2.05, 4.69) is 20.5 Å². The number of carbonyl (C=O) groups is 1. The third-order valence-corrected chi connectivity index (χ3v) is 4.21. The number of rotatable bonds is 5. The van der Waals surface area contributed by atoms with Crippen LogP contribution < -0.4 is 5.32 Å². The fraction of sp³-hybridized carbons (Fsp3) is 0.200. The van der Waals surface area contributed by atoms with Crippen LogP contribution in [0.3, 0.4) is 0 Å². The van der Waals surface area contributed by atoms with Crippen molar-refractivity contribution in [1.29, 1.82) is 0 Å². The normalized spacial score (nSPS) is 11.5. The van der Waals surface area contributed by atoms with Crippen molar-refractivity contribution in [3.63, 3.8) is 0 Å². The molecule has 2 heterocycles. The molecular formula is C15H12F3N5OS. The highest BCUT2D eigenvalue weighted by Crippen LogP contribution is 2.32. The molecule has 1 N–H and O–H groups in total. The molecule has 0 radical (unpaired) electrons. The van der Waals surface area contributed by atoms with Gasteiger partial charge in [-0.25, -0.2) is 4.98 Å². The molecule has 10 heteroatoms. The molecule has 0 aliphatic carbocycles. The van der Waals surface area contributed by atoms with Gasteiger partial charge in [0.1, 0.15) is 4.88 Å². The van der Waals surface area contributed by atoms with Crippen LogP contribution in [0, 0.1) is 0 Å². The minimum atomic E-state index is -4.54. The van der Waals surface area contributed by atoms with Crippen molar-refractivity contribution in [3.05, 3.63) is 58.3 Å². The Labute approximate surface area is 144 Å². The number of nitrogens with zero attached hydrogens (tertiary/aromatic N) is 4. The Balaban J connectivity index is 1.54. The summed E-state index contributed by atoms with van der Waals surface area (Å²) in [5, 5.41) is 9.92. The Bertz CT molecular complexity index is 859. The number of halogens is 3. The molecule has 0 saturated carbocycles. The number of thiazole rings is 1. The molecule has 1 aromatic carbocycles. The lowest BCUT2D eigenvalue weighted by atomic mass is 10.3. The van der Waals surface area contributed by atoms with Gasteiger partial charge in [0, 0.05) is 13.0 Å². The van der Waals surface area contributed by atoms with E-state index in [1.807, 2.05) is 30.3 Å². The van der Waals surface area contributed by atoms with Gasteiger partial charge < -0.3 is 5.32 Å². The fourth-order valence-electron chi connectivity index (χ4n) is 2.00. The highest BCUT2D eigenvalue weighted by atomic mass is 32.1. The van der Waals surface area contributed by atoms with Gasteiger partial charge in [-0.15, -0.1) is 11.3 Å². The molecule has 0 atom stereocenters. The minimum Gasteiger partial charge on any atom is -0.351 e. The van der Waals surface area contributed by atoms with E-state index in [0.717, 1.165) is 11.9 Å². The number of carbonyl (C=O) groups excluding carboxylic acids is 1. The van der Waals surface area contributed by atoms with Crippen molar-refractivity contribution < 1.29 is 18.0 Å². The molecule has 3 aromatic rings. The molecule has 25 heavy (non-hydrogen) atoms. The number of hydrogen-bond donors (Lipinski definition) is 1. The van der Waals surface area contributed by atoms with Crippen LogP contribution >= 0.6 is 11.3 Å². The maximum atomic E-state index is 12.5. The minimum absolute atomic E-state index is 0.0831. The van der Waals surface area contributed by atoms with E-state index in [-0.39, 0.29) is 11.4 Å². The molecule has 0 spiro atoms. The van der Waals surface area contributed by atoms with Crippen LogP contribution in [0.15, 0.2) is 42.7 Å². The van der Waals surface area contributed by atoms with E-state index in [4.69, 9.17) is 0 Å². The van der Waals surface area contributed by atoms with Crippen LogP contribution in [0.5, 0.6) is 0 Å². The highest BCUT2D eigenvalue weighted by molar-refractivity contribution is 7.13. The predicted molar refractivity (Wildman–Crippen MR) is 84.5 cm³/mol. The number of amides is 1. The van der Waals surface area contributed by atoms with E-state index in [0.29, 0.717) is 23.5 Å². The molecule has 2 aromatic heterocycles. The molecule has 0 fully saturated rings. The second-order valence-corrected chi connectivity index (χ2v) is 6.02. The Hall–Kier alpha value is -2.75. The Morgan fingerprint density at radius 1 is 1.20 bits per heavy atom. The van der Waals surface area contributed by atoms with Crippen molar-refractivity contribution in [2.75, 3.05) is 6.54 Å². The number of alkyl halides is 3. The van der Waals surface area contributed by atoms with Gasteiger partial charge in [0.05, 0.1) is 23.8 Å². The summed E-state index contributed by atoms with van der Waals surface area (Å²) < 4.78 is 37.4. The van der Waals surface area contributed by atoms with E-state index in [1.54, 1.807) is 6.20 Å². The van der Waals surface area contributed by atoms with Crippen molar-refractivity contribution in [3.8, 4) is 5.69 Å². The Morgan fingerprint density at radius 3 is 2.64 bits per heavy atom.